The van der Waals surface area contributed by atoms with E-state index in [4.69, 9.17) is 0 Å². The number of amides is 1. The molecular formula is C22H18F2N6O2. The minimum Gasteiger partial charge on any atom is -0.349 e. The minimum absolute atomic E-state index is 0.178. The van der Waals surface area contributed by atoms with Gasteiger partial charge >= 0.3 is 5.69 Å². The molecule has 1 amide bonds. The molecule has 5 rings (SSSR count). The fraction of sp³-hybridized carbons (Fsp3) is 0.182. The van der Waals surface area contributed by atoms with Crippen LogP contribution in [-0.4, -0.2) is 31.6 Å². The zero-order valence-electron chi connectivity index (χ0n) is 16.8. The molecule has 1 N–H and O–H groups in total. The molecule has 0 saturated carbocycles. The maximum atomic E-state index is 13.8. The van der Waals surface area contributed by atoms with Gasteiger partial charge < -0.3 is 10.2 Å². The number of nitrogens with one attached hydrogen (secondary N) is 1. The first-order valence-electron chi connectivity index (χ1n) is 10.0. The summed E-state index contributed by atoms with van der Waals surface area (Å²) in [4.78, 5) is 31.6. The molecule has 32 heavy (non-hydrogen) atoms. The van der Waals surface area contributed by atoms with E-state index in [1.165, 1.54) is 27.9 Å². The van der Waals surface area contributed by atoms with Gasteiger partial charge in [0.2, 0.25) is 11.6 Å². The summed E-state index contributed by atoms with van der Waals surface area (Å²) in [5.74, 6) is -1.78. The molecule has 0 bridgehead atoms. The number of aromatic nitrogens is 4. The van der Waals surface area contributed by atoms with Gasteiger partial charge in [0.05, 0.1) is 5.69 Å². The van der Waals surface area contributed by atoms with E-state index < -0.39 is 29.8 Å². The third-order valence-electron chi connectivity index (χ3n) is 5.41. The van der Waals surface area contributed by atoms with E-state index >= 15 is 0 Å². The molecule has 2 aromatic carbocycles. The van der Waals surface area contributed by atoms with E-state index in [0.717, 1.165) is 29.8 Å². The van der Waals surface area contributed by atoms with Gasteiger partial charge in [-0.05, 0) is 29.7 Å². The summed E-state index contributed by atoms with van der Waals surface area (Å²) >= 11 is 0. The van der Waals surface area contributed by atoms with Gasteiger partial charge in [0.1, 0.15) is 18.2 Å². The van der Waals surface area contributed by atoms with Crippen LogP contribution < -0.4 is 15.9 Å². The third-order valence-corrected chi connectivity index (χ3v) is 5.41. The number of hydrogen-bond acceptors (Lipinski definition) is 5. The van der Waals surface area contributed by atoms with Crippen LogP contribution >= 0.6 is 0 Å². The first-order valence-corrected chi connectivity index (χ1v) is 10.0. The van der Waals surface area contributed by atoms with E-state index in [9.17, 15) is 18.4 Å². The standard InChI is InChI=1S/C22H18F2N6O2/c23-16-5-6-18(17(24)11-16)26-19(31)13-30-22(32)29-10-8-25-20(21(29)27-30)28-9-7-14-3-1-2-4-15(14)12-28/h1-6,8,10-11H,7,9,12-13H2,(H,26,31). The molecule has 1 aliphatic rings. The number of anilines is 2. The summed E-state index contributed by atoms with van der Waals surface area (Å²) < 4.78 is 29.2. The Morgan fingerprint density at radius 1 is 1.12 bits per heavy atom. The normalized spacial score (nSPS) is 13.2. The van der Waals surface area contributed by atoms with Gasteiger partial charge in [-0.2, -0.15) is 0 Å². The van der Waals surface area contributed by atoms with Crippen molar-refractivity contribution in [2.75, 3.05) is 16.8 Å². The van der Waals surface area contributed by atoms with Crippen molar-refractivity contribution in [2.24, 2.45) is 0 Å². The Labute approximate surface area is 180 Å². The molecule has 162 valence electrons. The third kappa shape index (κ3) is 3.59. The highest BCUT2D eigenvalue weighted by molar-refractivity contribution is 5.90. The monoisotopic (exact) mass is 436 g/mol. The molecular weight excluding hydrogens is 418 g/mol. The second kappa shape index (κ2) is 7.88. The number of benzene rings is 2. The zero-order chi connectivity index (χ0) is 22.2. The van der Waals surface area contributed by atoms with Gasteiger partial charge in [-0.3, -0.25) is 4.79 Å². The van der Waals surface area contributed by atoms with Crippen molar-refractivity contribution in [3.8, 4) is 0 Å². The Morgan fingerprint density at radius 3 is 2.75 bits per heavy atom. The van der Waals surface area contributed by atoms with Crippen LogP contribution in [-0.2, 0) is 24.3 Å². The Balaban J connectivity index is 1.42. The topological polar surface area (TPSA) is 84.5 Å². The second-order valence-electron chi connectivity index (χ2n) is 7.50. The van der Waals surface area contributed by atoms with Crippen LogP contribution in [0.2, 0.25) is 0 Å². The number of carbonyl (C=O) groups excluding carboxylic acids is 1. The molecule has 0 aliphatic carbocycles. The Morgan fingerprint density at radius 2 is 1.94 bits per heavy atom. The number of hydrogen-bond donors (Lipinski definition) is 1. The highest BCUT2D eigenvalue weighted by atomic mass is 19.1. The van der Waals surface area contributed by atoms with Crippen LogP contribution in [0.15, 0.2) is 59.7 Å². The summed E-state index contributed by atoms with van der Waals surface area (Å²) in [7, 11) is 0. The van der Waals surface area contributed by atoms with Gasteiger partial charge in [-0.25, -0.2) is 27.6 Å². The van der Waals surface area contributed by atoms with E-state index in [-0.39, 0.29) is 5.69 Å². The van der Waals surface area contributed by atoms with Crippen LogP contribution in [0.3, 0.4) is 0 Å². The SMILES string of the molecule is O=C(Cn1nc2c(N3CCc4ccccc4C3)nccn2c1=O)Nc1ccc(F)cc1F. The summed E-state index contributed by atoms with van der Waals surface area (Å²) in [5.41, 5.74) is 2.10. The number of fused-ring (bicyclic) bond motifs is 2. The average molecular weight is 436 g/mol. The van der Waals surface area contributed by atoms with Gasteiger partial charge in [0.15, 0.2) is 5.82 Å². The lowest BCUT2D eigenvalue weighted by molar-refractivity contribution is -0.117. The first kappa shape index (κ1) is 19.9. The Hall–Kier alpha value is -4.08. The lowest BCUT2D eigenvalue weighted by Gasteiger charge is -2.29. The van der Waals surface area contributed by atoms with Gasteiger partial charge in [-0.15, -0.1) is 5.10 Å². The Kier molecular flexibility index (Phi) is 4.89. The minimum atomic E-state index is -0.905. The van der Waals surface area contributed by atoms with E-state index in [0.29, 0.717) is 24.1 Å². The maximum Gasteiger partial charge on any atom is 0.350 e. The van der Waals surface area contributed by atoms with Crippen LogP contribution in [0.1, 0.15) is 11.1 Å². The maximum absolute atomic E-state index is 13.8. The first-order chi connectivity index (χ1) is 15.5. The molecule has 8 nitrogen and oxygen atoms in total. The molecule has 0 spiro atoms. The quantitative estimate of drug-likeness (QED) is 0.531. The lowest BCUT2D eigenvalue weighted by atomic mass is 10.00. The highest BCUT2D eigenvalue weighted by Gasteiger charge is 2.22. The molecule has 2 aromatic heterocycles. The van der Waals surface area contributed by atoms with Crippen LogP contribution in [0.5, 0.6) is 0 Å². The summed E-state index contributed by atoms with van der Waals surface area (Å²) in [5, 5.41) is 6.64. The smallest absolute Gasteiger partial charge is 0.349 e. The fourth-order valence-corrected chi connectivity index (χ4v) is 3.85. The van der Waals surface area contributed by atoms with Crippen molar-refractivity contribution < 1.29 is 13.6 Å². The number of carbonyl (C=O) groups is 1. The van der Waals surface area contributed by atoms with Crippen molar-refractivity contribution in [3.63, 3.8) is 0 Å². The van der Waals surface area contributed by atoms with Gasteiger partial charge in [0, 0.05) is 31.5 Å². The molecule has 4 aromatic rings. The molecule has 3 heterocycles. The van der Waals surface area contributed by atoms with E-state index in [1.54, 1.807) is 0 Å². The number of rotatable bonds is 4. The second-order valence-corrected chi connectivity index (χ2v) is 7.50. The molecule has 10 heteroatoms. The Bertz CT molecular complexity index is 1400. The molecule has 0 radical (unpaired) electrons. The van der Waals surface area contributed by atoms with Gasteiger partial charge in [0.25, 0.3) is 0 Å². The van der Waals surface area contributed by atoms with Crippen LogP contribution in [0, 0.1) is 11.6 Å². The summed E-state index contributed by atoms with van der Waals surface area (Å²) in [6, 6.07) is 11.0. The predicted molar refractivity (Wildman–Crippen MR) is 113 cm³/mol. The average Bonchev–Trinajstić information content (AvgIpc) is 3.10. The largest absolute Gasteiger partial charge is 0.350 e. The molecule has 0 unspecified atom stereocenters. The molecule has 0 saturated heterocycles. The van der Waals surface area contributed by atoms with Crippen molar-refractivity contribution in [3.05, 3.63) is 88.1 Å². The van der Waals surface area contributed by atoms with Crippen molar-refractivity contribution >= 4 is 23.1 Å². The number of halogens is 2. The van der Waals surface area contributed by atoms with Crippen LogP contribution in [0.25, 0.3) is 5.65 Å². The van der Waals surface area contributed by atoms with E-state index in [1.807, 2.05) is 17.0 Å². The fourth-order valence-electron chi connectivity index (χ4n) is 3.85. The lowest BCUT2D eigenvalue weighted by Crippen LogP contribution is -2.31. The zero-order valence-corrected chi connectivity index (χ0v) is 16.8. The summed E-state index contributed by atoms with van der Waals surface area (Å²) in [6.45, 7) is 0.920. The van der Waals surface area contributed by atoms with E-state index in [2.05, 4.69) is 27.5 Å². The molecule has 0 atom stereocenters. The van der Waals surface area contributed by atoms with Crippen molar-refractivity contribution in [2.45, 2.75) is 19.5 Å². The van der Waals surface area contributed by atoms with Crippen molar-refractivity contribution in [1.82, 2.24) is 19.2 Å². The number of nitrogens with zero attached hydrogens (tertiary/aromatic N) is 5. The van der Waals surface area contributed by atoms with Gasteiger partial charge in [-0.1, -0.05) is 24.3 Å². The van der Waals surface area contributed by atoms with Crippen LogP contribution in [0.4, 0.5) is 20.3 Å². The predicted octanol–water partition coefficient (Wildman–Crippen LogP) is 2.37. The van der Waals surface area contributed by atoms with Crippen molar-refractivity contribution in [1.29, 1.82) is 0 Å². The molecule has 0 fully saturated rings. The summed E-state index contributed by atoms with van der Waals surface area (Å²) in [6.07, 6.45) is 3.85. The molecule has 1 aliphatic heterocycles. The highest BCUT2D eigenvalue weighted by Crippen LogP contribution is 2.24.